The molecule has 0 radical (unpaired) electrons. The van der Waals surface area contributed by atoms with Gasteiger partial charge < -0.3 is 0 Å². The molecule has 1 aromatic carbocycles. The lowest BCUT2D eigenvalue weighted by atomic mass is 9.96. The van der Waals surface area contributed by atoms with Crippen LogP contribution in [0.5, 0.6) is 0 Å². The van der Waals surface area contributed by atoms with Gasteiger partial charge in [0, 0.05) is 8.95 Å². The monoisotopic (exact) mass is 314 g/mol. The summed E-state index contributed by atoms with van der Waals surface area (Å²) in [4.78, 5) is 0. The van der Waals surface area contributed by atoms with Gasteiger partial charge in [0.15, 0.2) is 0 Å². The SMILES string of the molecule is Brc1ccc(Br)c2c1CC1CCCC21. The summed E-state index contributed by atoms with van der Waals surface area (Å²) in [6.07, 6.45) is 5.54. The molecule has 14 heavy (non-hydrogen) atoms. The maximum absolute atomic E-state index is 3.70. The Labute approximate surface area is 101 Å². The van der Waals surface area contributed by atoms with Crippen LogP contribution in [0.25, 0.3) is 0 Å². The van der Waals surface area contributed by atoms with E-state index in [0.29, 0.717) is 0 Å². The van der Waals surface area contributed by atoms with Crippen LogP contribution in [-0.2, 0) is 6.42 Å². The van der Waals surface area contributed by atoms with Gasteiger partial charge in [-0.2, -0.15) is 0 Å². The zero-order chi connectivity index (χ0) is 9.71. The molecule has 2 aliphatic rings. The fourth-order valence-electron chi connectivity index (χ4n) is 3.14. The second-order valence-electron chi connectivity index (χ2n) is 4.42. The Morgan fingerprint density at radius 1 is 1.07 bits per heavy atom. The lowest BCUT2D eigenvalue weighted by molar-refractivity contribution is 0.526. The summed E-state index contributed by atoms with van der Waals surface area (Å²) < 4.78 is 2.63. The summed E-state index contributed by atoms with van der Waals surface area (Å²) in [5, 5.41) is 0. The first-order valence-corrected chi connectivity index (χ1v) is 6.82. The fourth-order valence-corrected chi connectivity index (χ4v) is 4.31. The third-order valence-corrected chi connectivity index (χ3v) is 5.18. The molecular weight excluding hydrogens is 304 g/mol. The molecule has 0 bridgehead atoms. The zero-order valence-corrected chi connectivity index (χ0v) is 11.1. The van der Waals surface area contributed by atoms with Gasteiger partial charge in [-0.05, 0) is 54.4 Å². The first-order valence-electron chi connectivity index (χ1n) is 5.24. The Balaban J connectivity index is 2.18. The highest BCUT2D eigenvalue weighted by atomic mass is 79.9. The van der Waals surface area contributed by atoms with E-state index >= 15 is 0 Å². The van der Waals surface area contributed by atoms with Gasteiger partial charge in [-0.25, -0.2) is 0 Å². The van der Waals surface area contributed by atoms with E-state index in [9.17, 15) is 0 Å². The molecule has 1 saturated carbocycles. The van der Waals surface area contributed by atoms with Crippen LogP contribution >= 0.6 is 31.9 Å². The van der Waals surface area contributed by atoms with Gasteiger partial charge in [0.2, 0.25) is 0 Å². The first-order chi connectivity index (χ1) is 6.77. The molecule has 0 heterocycles. The van der Waals surface area contributed by atoms with E-state index in [-0.39, 0.29) is 0 Å². The Bertz CT molecular complexity index is 384. The van der Waals surface area contributed by atoms with E-state index in [2.05, 4.69) is 44.0 Å². The second-order valence-corrected chi connectivity index (χ2v) is 6.13. The van der Waals surface area contributed by atoms with E-state index < -0.39 is 0 Å². The highest BCUT2D eigenvalue weighted by Crippen LogP contribution is 2.52. The maximum Gasteiger partial charge on any atom is 0.0213 e. The molecule has 0 nitrogen and oxygen atoms in total. The number of fused-ring (bicyclic) bond motifs is 3. The molecule has 1 aromatic rings. The van der Waals surface area contributed by atoms with E-state index in [1.54, 1.807) is 11.1 Å². The summed E-state index contributed by atoms with van der Waals surface area (Å²) in [6, 6.07) is 4.35. The summed E-state index contributed by atoms with van der Waals surface area (Å²) in [5.74, 6) is 1.77. The summed E-state index contributed by atoms with van der Waals surface area (Å²) in [7, 11) is 0. The Kier molecular flexibility index (Phi) is 2.25. The van der Waals surface area contributed by atoms with Crippen LogP contribution in [0.3, 0.4) is 0 Å². The molecule has 1 fully saturated rings. The van der Waals surface area contributed by atoms with E-state index in [1.165, 1.54) is 34.6 Å². The largest absolute Gasteiger partial charge is 0.0524 e. The van der Waals surface area contributed by atoms with Gasteiger partial charge in [-0.15, -0.1) is 0 Å². The average Bonchev–Trinajstić information content (AvgIpc) is 2.70. The first kappa shape index (κ1) is 9.41. The van der Waals surface area contributed by atoms with E-state index in [1.807, 2.05) is 0 Å². The van der Waals surface area contributed by atoms with Gasteiger partial charge in [0.05, 0.1) is 0 Å². The van der Waals surface area contributed by atoms with Crippen LogP contribution in [-0.4, -0.2) is 0 Å². The molecule has 74 valence electrons. The van der Waals surface area contributed by atoms with Crippen molar-refractivity contribution in [2.75, 3.05) is 0 Å². The van der Waals surface area contributed by atoms with Crippen LogP contribution < -0.4 is 0 Å². The lowest BCUT2D eigenvalue weighted by Gasteiger charge is -2.11. The van der Waals surface area contributed by atoms with Crippen molar-refractivity contribution >= 4 is 31.9 Å². The minimum Gasteiger partial charge on any atom is -0.0524 e. The number of rotatable bonds is 0. The van der Waals surface area contributed by atoms with Gasteiger partial charge in [-0.3, -0.25) is 0 Å². The molecule has 3 rings (SSSR count). The fraction of sp³-hybridized carbons (Fsp3) is 0.500. The van der Waals surface area contributed by atoms with Crippen molar-refractivity contribution in [1.82, 2.24) is 0 Å². The average molecular weight is 316 g/mol. The zero-order valence-electron chi connectivity index (χ0n) is 7.89. The van der Waals surface area contributed by atoms with Crippen molar-refractivity contribution in [1.29, 1.82) is 0 Å². The van der Waals surface area contributed by atoms with Crippen LogP contribution in [0.4, 0.5) is 0 Å². The van der Waals surface area contributed by atoms with Crippen LogP contribution in [0.15, 0.2) is 21.1 Å². The summed E-state index contributed by atoms with van der Waals surface area (Å²) in [6.45, 7) is 0. The molecule has 0 aromatic heterocycles. The normalized spacial score (nSPS) is 29.0. The molecule has 0 aliphatic heterocycles. The molecule has 0 saturated heterocycles. The molecule has 0 spiro atoms. The minimum atomic E-state index is 0.844. The van der Waals surface area contributed by atoms with Gasteiger partial charge in [-0.1, -0.05) is 38.3 Å². The van der Waals surface area contributed by atoms with Gasteiger partial charge in [0.1, 0.15) is 0 Å². The molecular formula is C12H12Br2. The van der Waals surface area contributed by atoms with Crippen molar-refractivity contribution < 1.29 is 0 Å². The van der Waals surface area contributed by atoms with Gasteiger partial charge in [0.25, 0.3) is 0 Å². The second kappa shape index (κ2) is 3.34. The topological polar surface area (TPSA) is 0 Å². The van der Waals surface area contributed by atoms with Crippen LogP contribution in [0.1, 0.15) is 36.3 Å². The number of halogens is 2. The third-order valence-electron chi connectivity index (χ3n) is 3.74. The van der Waals surface area contributed by atoms with E-state index in [0.717, 1.165) is 11.8 Å². The van der Waals surface area contributed by atoms with Crippen molar-refractivity contribution in [2.45, 2.75) is 31.6 Å². The Morgan fingerprint density at radius 3 is 2.71 bits per heavy atom. The smallest absolute Gasteiger partial charge is 0.0213 e. The van der Waals surface area contributed by atoms with E-state index in [4.69, 9.17) is 0 Å². The highest BCUT2D eigenvalue weighted by Gasteiger charge is 2.37. The lowest BCUT2D eigenvalue weighted by Crippen LogP contribution is -1.97. The van der Waals surface area contributed by atoms with Gasteiger partial charge >= 0.3 is 0 Å². The highest BCUT2D eigenvalue weighted by molar-refractivity contribution is 9.11. The van der Waals surface area contributed by atoms with Crippen LogP contribution in [0, 0.1) is 5.92 Å². The Morgan fingerprint density at radius 2 is 1.86 bits per heavy atom. The molecule has 2 aliphatic carbocycles. The van der Waals surface area contributed by atoms with Crippen molar-refractivity contribution in [3.63, 3.8) is 0 Å². The van der Waals surface area contributed by atoms with Crippen molar-refractivity contribution in [3.05, 3.63) is 32.2 Å². The van der Waals surface area contributed by atoms with Crippen molar-refractivity contribution in [2.24, 2.45) is 5.92 Å². The predicted molar refractivity (Wildman–Crippen MR) is 65.6 cm³/mol. The molecule has 2 heteroatoms. The Hall–Kier alpha value is 0.180. The number of benzene rings is 1. The molecule has 2 unspecified atom stereocenters. The quantitative estimate of drug-likeness (QED) is 0.653. The molecule has 0 amide bonds. The number of hydrogen-bond donors (Lipinski definition) is 0. The maximum atomic E-state index is 3.70. The minimum absolute atomic E-state index is 0.844. The number of hydrogen-bond acceptors (Lipinski definition) is 0. The predicted octanol–water partition coefficient (Wildman–Crippen LogP) is 4.65. The third kappa shape index (κ3) is 1.23. The molecule has 0 N–H and O–H groups in total. The van der Waals surface area contributed by atoms with Crippen LogP contribution in [0.2, 0.25) is 0 Å². The summed E-state index contributed by atoms with van der Waals surface area (Å²) in [5.41, 5.74) is 3.16. The van der Waals surface area contributed by atoms with Crippen molar-refractivity contribution in [3.8, 4) is 0 Å². The molecule has 2 atom stereocenters. The standard InChI is InChI=1S/C12H12Br2/c13-10-4-5-11(14)12-8-3-1-2-7(8)6-9(10)12/h4-5,7-8H,1-3,6H2. The summed E-state index contributed by atoms with van der Waals surface area (Å²) >= 11 is 7.37.